The van der Waals surface area contributed by atoms with Crippen molar-refractivity contribution in [3.8, 4) is 11.3 Å². The molecule has 7 nitrogen and oxygen atoms in total. The zero-order valence-corrected chi connectivity index (χ0v) is 21.4. The van der Waals surface area contributed by atoms with E-state index in [-0.39, 0.29) is 29.0 Å². The van der Waals surface area contributed by atoms with E-state index in [9.17, 15) is 18.4 Å². The monoisotopic (exact) mass is 522 g/mol. The first-order valence-corrected chi connectivity index (χ1v) is 13.1. The van der Waals surface area contributed by atoms with Gasteiger partial charge in [-0.25, -0.2) is 8.78 Å². The lowest BCUT2D eigenvalue weighted by atomic mass is 9.90. The van der Waals surface area contributed by atoms with Crippen LogP contribution >= 0.6 is 0 Å². The summed E-state index contributed by atoms with van der Waals surface area (Å²) in [6, 6.07) is 14.1. The van der Waals surface area contributed by atoms with Gasteiger partial charge < -0.3 is 19.6 Å². The van der Waals surface area contributed by atoms with Crippen molar-refractivity contribution in [3.05, 3.63) is 77.5 Å². The van der Waals surface area contributed by atoms with Gasteiger partial charge in [-0.3, -0.25) is 9.59 Å². The molecule has 9 heteroatoms. The topological polar surface area (TPSA) is 78.7 Å². The Morgan fingerprint density at radius 2 is 1.89 bits per heavy atom. The Bertz CT molecular complexity index is 1280. The summed E-state index contributed by atoms with van der Waals surface area (Å²) in [4.78, 5) is 30.8. The average Bonchev–Trinajstić information content (AvgIpc) is 3.60. The van der Waals surface area contributed by atoms with Crippen molar-refractivity contribution >= 4 is 11.8 Å². The second-order valence-corrected chi connectivity index (χ2v) is 10.4. The number of piperidine rings is 1. The maximum atomic E-state index is 14.2. The van der Waals surface area contributed by atoms with Crippen LogP contribution in [0.1, 0.15) is 35.3 Å². The normalized spacial score (nSPS) is 19.8. The first-order valence-electron chi connectivity index (χ1n) is 13.1. The lowest BCUT2D eigenvalue weighted by Gasteiger charge is -2.39. The second-order valence-electron chi connectivity index (χ2n) is 10.4. The Labute approximate surface area is 220 Å². The van der Waals surface area contributed by atoms with Crippen molar-refractivity contribution in [2.75, 3.05) is 33.2 Å². The molecule has 3 aromatic rings. The summed E-state index contributed by atoms with van der Waals surface area (Å²) in [5.41, 5.74) is 1.16. The molecule has 1 aromatic heterocycles. The van der Waals surface area contributed by atoms with Gasteiger partial charge in [0.15, 0.2) is 11.5 Å². The fourth-order valence-corrected chi connectivity index (χ4v) is 5.05. The highest BCUT2D eigenvalue weighted by atomic mass is 19.1. The SMILES string of the molecule is CN(CCc1ccccc1)C(=O)C1CN(CC2CC2)CCC1NC(=O)c1cc(-c2ccc(F)cc2F)on1. The highest BCUT2D eigenvalue weighted by Gasteiger charge is 2.38. The number of likely N-dealkylation sites (tertiary alicyclic amines) is 1. The van der Waals surface area contributed by atoms with Crippen LogP contribution in [0.3, 0.4) is 0 Å². The summed E-state index contributed by atoms with van der Waals surface area (Å²) in [5, 5.41) is 6.78. The van der Waals surface area contributed by atoms with Crippen molar-refractivity contribution in [2.24, 2.45) is 11.8 Å². The van der Waals surface area contributed by atoms with Gasteiger partial charge in [-0.05, 0) is 49.3 Å². The highest BCUT2D eigenvalue weighted by Crippen LogP contribution is 2.32. The summed E-state index contributed by atoms with van der Waals surface area (Å²) in [7, 11) is 1.81. The van der Waals surface area contributed by atoms with Crippen molar-refractivity contribution < 1.29 is 22.9 Å². The molecule has 0 bridgehead atoms. The van der Waals surface area contributed by atoms with Crippen LogP contribution in [0.15, 0.2) is 59.1 Å². The fourth-order valence-electron chi connectivity index (χ4n) is 5.05. The molecule has 1 aliphatic carbocycles. The highest BCUT2D eigenvalue weighted by molar-refractivity contribution is 5.94. The first-order chi connectivity index (χ1) is 18.4. The number of amides is 2. The van der Waals surface area contributed by atoms with Crippen LogP contribution in [-0.4, -0.2) is 66.0 Å². The number of nitrogens with one attached hydrogen (secondary N) is 1. The van der Waals surface area contributed by atoms with Crippen LogP contribution in [0.25, 0.3) is 11.3 Å². The number of benzene rings is 2. The third-order valence-corrected chi connectivity index (χ3v) is 7.44. The van der Waals surface area contributed by atoms with Crippen molar-refractivity contribution in [1.29, 1.82) is 0 Å². The van der Waals surface area contributed by atoms with E-state index in [4.69, 9.17) is 4.52 Å². The standard InChI is InChI=1S/C29H32F2N4O3/c1-34(13-11-19-5-3-2-4-6-19)29(37)23-18-35(17-20-7-8-20)14-12-25(23)32-28(36)26-16-27(38-33-26)22-10-9-21(30)15-24(22)31/h2-6,9-10,15-16,20,23,25H,7-8,11-14,17-18H2,1H3,(H,32,36). The number of nitrogens with zero attached hydrogens (tertiary/aromatic N) is 3. The summed E-state index contributed by atoms with van der Waals surface area (Å²) >= 11 is 0. The third-order valence-electron chi connectivity index (χ3n) is 7.44. The smallest absolute Gasteiger partial charge is 0.273 e. The van der Waals surface area contributed by atoms with Crippen LogP contribution in [-0.2, 0) is 11.2 Å². The van der Waals surface area contributed by atoms with Gasteiger partial charge in [0.25, 0.3) is 5.91 Å². The van der Waals surface area contributed by atoms with Gasteiger partial charge in [-0.2, -0.15) is 0 Å². The zero-order chi connectivity index (χ0) is 26.6. The molecule has 1 saturated carbocycles. The fraction of sp³-hybridized carbons (Fsp3) is 0.414. The van der Waals surface area contributed by atoms with Gasteiger partial charge in [0, 0.05) is 51.4 Å². The van der Waals surface area contributed by atoms with E-state index in [1.54, 1.807) is 4.90 Å². The van der Waals surface area contributed by atoms with E-state index in [0.29, 0.717) is 25.4 Å². The van der Waals surface area contributed by atoms with Crippen LogP contribution in [0.4, 0.5) is 8.78 Å². The van der Waals surface area contributed by atoms with Crippen LogP contribution < -0.4 is 5.32 Å². The maximum absolute atomic E-state index is 14.2. The summed E-state index contributed by atoms with van der Waals surface area (Å²) in [6.45, 7) is 2.94. The molecule has 0 radical (unpaired) electrons. The lowest BCUT2D eigenvalue weighted by Crippen LogP contribution is -2.56. The van der Waals surface area contributed by atoms with E-state index in [1.807, 2.05) is 37.4 Å². The lowest BCUT2D eigenvalue weighted by molar-refractivity contribution is -0.137. The number of aromatic nitrogens is 1. The number of carbonyl (C=O) groups excluding carboxylic acids is 2. The predicted octanol–water partition coefficient (Wildman–Crippen LogP) is 4.15. The van der Waals surface area contributed by atoms with Gasteiger partial charge in [-0.1, -0.05) is 35.5 Å². The Balaban J connectivity index is 1.27. The molecule has 1 aliphatic heterocycles. The van der Waals surface area contributed by atoms with Gasteiger partial charge in [0.1, 0.15) is 11.6 Å². The number of rotatable bonds is 9. The van der Waals surface area contributed by atoms with E-state index in [1.165, 1.54) is 25.0 Å². The van der Waals surface area contributed by atoms with E-state index < -0.39 is 23.5 Å². The molecule has 2 aliphatic rings. The minimum Gasteiger partial charge on any atom is -0.355 e. The van der Waals surface area contributed by atoms with E-state index >= 15 is 0 Å². The number of carbonyl (C=O) groups is 2. The molecule has 38 heavy (non-hydrogen) atoms. The van der Waals surface area contributed by atoms with Crippen LogP contribution in [0, 0.1) is 23.5 Å². The molecule has 2 heterocycles. The van der Waals surface area contributed by atoms with Crippen molar-refractivity contribution in [3.63, 3.8) is 0 Å². The summed E-state index contributed by atoms with van der Waals surface area (Å²) < 4.78 is 32.6. The van der Waals surface area contributed by atoms with Gasteiger partial charge in [-0.15, -0.1) is 0 Å². The molecule has 0 spiro atoms. The van der Waals surface area contributed by atoms with E-state index in [0.717, 1.165) is 37.2 Å². The number of hydrogen-bond acceptors (Lipinski definition) is 5. The molecule has 2 atom stereocenters. The van der Waals surface area contributed by atoms with Gasteiger partial charge >= 0.3 is 0 Å². The Morgan fingerprint density at radius 3 is 2.63 bits per heavy atom. The summed E-state index contributed by atoms with van der Waals surface area (Å²) in [6.07, 6.45) is 3.85. The molecule has 1 saturated heterocycles. The van der Waals surface area contributed by atoms with Crippen molar-refractivity contribution in [2.45, 2.75) is 31.7 Å². The largest absolute Gasteiger partial charge is 0.355 e. The molecule has 200 valence electrons. The molecule has 2 amide bonds. The van der Waals surface area contributed by atoms with E-state index in [2.05, 4.69) is 15.4 Å². The predicted molar refractivity (Wildman–Crippen MR) is 138 cm³/mol. The van der Waals surface area contributed by atoms with Gasteiger partial charge in [0.05, 0.1) is 11.5 Å². The molecular formula is C29H32F2N4O3. The van der Waals surface area contributed by atoms with Gasteiger partial charge in [0.2, 0.25) is 5.91 Å². The number of likely N-dealkylation sites (N-methyl/N-ethyl adjacent to an activating group) is 1. The number of hydrogen-bond donors (Lipinski definition) is 1. The molecule has 5 rings (SSSR count). The Hall–Kier alpha value is -3.59. The number of halogens is 2. The maximum Gasteiger partial charge on any atom is 0.273 e. The molecule has 2 aromatic carbocycles. The molecule has 2 fully saturated rings. The molecular weight excluding hydrogens is 490 g/mol. The minimum atomic E-state index is -0.805. The summed E-state index contributed by atoms with van der Waals surface area (Å²) in [5.74, 6) is -1.67. The third kappa shape index (κ3) is 6.27. The van der Waals surface area contributed by atoms with Crippen molar-refractivity contribution in [1.82, 2.24) is 20.3 Å². The average molecular weight is 523 g/mol. The zero-order valence-electron chi connectivity index (χ0n) is 21.4. The quantitative estimate of drug-likeness (QED) is 0.457. The second kappa shape index (κ2) is 11.4. The Kier molecular flexibility index (Phi) is 7.83. The van der Waals surface area contributed by atoms with Crippen LogP contribution in [0.2, 0.25) is 0 Å². The first kappa shape index (κ1) is 26.0. The molecule has 2 unspecified atom stereocenters. The Morgan fingerprint density at radius 1 is 1.11 bits per heavy atom. The molecule has 1 N–H and O–H groups in total. The minimum absolute atomic E-state index is 0.000883. The van der Waals surface area contributed by atoms with Crippen LogP contribution in [0.5, 0.6) is 0 Å².